The average Bonchev–Trinajstić information content (AvgIpc) is 3.25. The smallest absolute Gasteiger partial charge is 0.306 e. The molecule has 64 heavy (non-hydrogen) atoms. The largest absolute Gasteiger partial charge is 0.481 e. The molecule has 19 N–H and O–H groups in total. The Balaban J connectivity index is 0. The van der Waals surface area contributed by atoms with Crippen LogP contribution < -0.4 is 16.0 Å². The number of aliphatic hydroxyl groups excluding tert-OH is 12. The standard InChI is InChI=1S/2C13H25NO7.C13H27NO7.CH4/c1-8(12(18)19)4-2-3-5-14-7-13(20)11(17)10(16)9(15)6-21-13;1-7(13(19)20)4-2-3-5-14-12-11(18)10(17)9(16)8(6-15)21-12;1-8(13(20)21)4-2-3-5-14-6-9(16)11(18)12(19)10(17)7-15;/h8-11,14-17,20H,2-7H2,1H3,(H,18,19);7-12,14-18H,2-6H2,1H3,(H,19,20);8-12,14-19H,2-7H2,1H3,(H,20,21);1H4/t8-,9?,10?,11?,13?;7-,8?,9?,10?,11?,12?;8-,9?,10?,11?,12?;/m000./s1. The van der Waals surface area contributed by atoms with Crippen molar-refractivity contribution in [2.24, 2.45) is 17.8 Å². The van der Waals surface area contributed by atoms with Crippen LogP contribution in [0.5, 0.6) is 0 Å². The first-order valence-corrected chi connectivity index (χ1v) is 21.3. The van der Waals surface area contributed by atoms with Crippen molar-refractivity contribution in [2.45, 2.75) is 165 Å². The SMILES string of the molecule is C.C[C@@H](CCCCNC1OC(CO)C(O)C(O)C1O)C(=O)O.C[C@@H](CCCCNCC(O)C(O)C(O)C(O)CO)C(=O)O.C[C@@H](CCCCNCC1(O)OCC(O)C(O)C1O)C(=O)O. The van der Waals surface area contributed by atoms with Crippen molar-refractivity contribution in [2.75, 3.05) is 52.5 Å². The molecule has 0 aliphatic carbocycles. The minimum absolute atomic E-state index is 0. The number of carbonyl (C=O) groups is 3. The highest BCUT2D eigenvalue weighted by Crippen LogP contribution is 2.23. The van der Waals surface area contributed by atoms with Crippen LogP contribution in [0, 0.1) is 17.8 Å². The molecule has 0 radical (unpaired) electrons. The van der Waals surface area contributed by atoms with Gasteiger partial charge in [0, 0.05) is 6.54 Å². The van der Waals surface area contributed by atoms with Crippen LogP contribution in [-0.4, -0.2) is 231 Å². The van der Waals surface area contributed by atoms with Gasteiger partial charge in [-0.3, -0.25) is 19.7 Å². The number of aliphatic carboxylic acids is 3. The molecule has 2 heterocycles. The predicted octanol–water partition coefficient (Wildman–Crippen LogP) is -4.93. The maximum Gasteiger partial charge on any atom is 0.306 e. The van der Waals surface area contributed by atoms with Gasteiger partial charge in [-0.25, -0.2) is 0 Å². The van der Waals surface area contributed by atoms with Gasteiger partial charge in [0.2, 0.25) is 5.79 Å². The first kappa shape index (κ1) is 63.8. The summed E-state index contributed by atoms with van der Waals surface area (Å²) >= 11 is 0. The molecule has 0 aromatic rings. The highest BCUT2D eigenvalue weighted by atomic mass is 16.6. The first-order valence-electron chi connectivity index (χ1n) is 21.3. The molecule has 2 aliphatic heterocycles. The topological polar surface area (TPSA) is 429 Å². The summed E-state index contributed by atoms with van der Waals surface area (Å²) in [7, 11) is 0. The third-order valence-electron chi connectivity index (χ3n) is 10.8. The molecule has 0 saturated carbocycles. The second-order valence-corrected chi connectivity index (χ2v) is 16.2. The zero-order valence-corrected chi connectivity index (χ0v) is 36.4. The molecule has 24 heteroatoms. The van der Waals surface area contributed by atoms with E-state index in [9.17, 15) is 65.4 Å². The summed E-state index contributed by atoms with van der Waals surface area (Å²) in [4.78, 5) is 31.9. The van der Waals surface area contributed by atoms with Crippen LogP contribution in [0.2, 0.25) is 0 Å². The van der Waals surface area contributed by atoms with Gasteiger partial charge < -0.3 is 102 Å². The summed E-state index contributed by atoms with van der Waals surface area (Å²) in [5.74, 6) is -5.55. The van der Waals surface area contributed by atoms with Crippen LogP contribution in [0.4, 0.5) is 0 Å². The number of hydrogen-bond acceptors (Lipinski definition) is 21. The van der Waals surface area contributed by atoms with E-state index in [0.717, 1.165) is 25.7 Å². The van der Waals surface area contributed by atoms with Gasteiger partial charge in [-0.1, -0.05) is 47.5 Å². The Morgan fingerprint density at radius 2 is 1.09 bits per heavy atom. The van der Waals surface area contributed by atoms with Crippen molar-refractivity contribution in [3.05, 3.63) is 0 Å². The van der Waals surface area contributed by atoms with E-state index in [1.165, 1.54) is 0 Å². The molecule has 0 spiro atoms. The molecule has 2 fully saturated rings. The maximum atomic E-state index is 10.6. The van der Waals surface area contributed by atoms with Crippen LogP contribution in [0.25, 0.3) is 0 Å². The van der Waals surface area contributed by atoms with E-state index in [2.05, 4.69) is 16.0 Å². The van der Waals surface area contributed by atoms with Crippen molar-refractivity contribution < 1.29 is 106 Å². The van der Waals surface area contributed by atoms with E-state index >= 15 is 0 Å². The molecule has 0 aromatic heterocycles. The number of aliphatic hydroxyl groups is 13. The second-order valence-electron chi connectivity index (χ2n) is 16.2. The monoisotopic (exact) mass is 940 g/mol. The number of unbranched alkanes of at least 4 members (excludes halogenated alkanes) is 3. The lowest BCUT2D eigenvalue weighted by molar-refractivity contribution is -0.317. The fourth-order valence-electron chi connectivity index (χ4n) is 6.11. The Labute approximate surface area is 374 Å². The van der Waals surface area contributed by atoms with Gasteiger partial charge in [0.25, 0.3) is 0 Å². The normalized spacial score (nSPS) is 28.9. The quantitative estimate of drug-likeness (QED) is 0.0327. The Morgan fingerprint density at radius 3 is 1.55 bits per heavy atom. The van der Waals surface area contributed by atoms with Crippen molar-refractivity contribution in [3.8, 4) is 0 Å². The first-order chi connectivity index (χ1) is 29.5. The molecule has 0 bridgehead atoms. The lowest BCUT2D eigenvalue weighted by Crippen LogP contribution is -2.64. The van der Waals surface area contributed by atoms with E-state index in [1.54, 1.807) is 20.8 Å². The van der Waals surface area contributed by atoms with Gasteiger partial charge >= 0.3 is 17.9 Å². The molecule has 2 aliphatic rings. The van der Waals surface area contributed by atoms with E-state index in [0.29, 0.717) is 51.7 Å². The fraction of sp³-hybridized carbons (Fsp3) is 0.925. The molecule has 382 valence electrons. The minimum atomic E-state index is -1.94. The summed E-state index contributed by atoms with van der Waals surface area (Å²) in [6.45, 7) is 4.96. The molecule has 2 saturated heterocycles. The third-order valence-corrected chi connectivity index (χ3v) is 10.8. The van der Waals surface area contributed by atoms with E-state index in [1.807, 2.05) is 0 Å². The van der Waals surface area contributed by atoms with Gasteiger partial charge in [-0.2, -0.15) is 0 Å². The Morgan fingerprint density at radius 1 is 0.641 bits per heavy atom. The average molecular weight is 940 g/mol. The number of rotatable bonds is 28. The van der Waals surface area contributed by atoms with Crippen LogP contribution in [0.1, 0.15) is 86.0 Å². The Kier molecular flexibility index (Phi) is 33.9. The van der Waals surface area contributed by atoms with Crippen LogP contribution in [-0.2, 0) is 23.9 Å². The molecule has 0 aromatic carbocycles. The fourth-order valence-corrected chi connectivity index (χ4v) is 6.11. The number of ether oxygens (including phenoxy) is 2. The van der Waals surface area contributed by atoms with E-state index in [4.69, 9.17) is 40.1 Å². The molecule has 2 rings (SSSR count). The summed E-state index contributed by atoms with van der Waals surface area (Å²) in [5.41, 5.74) is 0. The molecule has 13 unspecified atom stereocenters. The van der Waals surface area contributed by atoms with Gasteiger partial charge in [0.05, 0.1) is 50.2 Å². The van der Waals surface area contributed by atoms with E-state index < -0.39 is 116 Å². The number of nitrogens with one attached hydrogen (secondary N) is 3. The van der Waals surface area contributed by atoms with Crippen LogP contribution >= 0.6 is 0 Å². The van der Waals surface area contributed by atoms with Crippen LogP contribution in [0.3, 0.4) is 0 Å². The number of carboxylic acid groups (broad SMARTS) is 3. The predicted molar refractivity (Wildman–Crippen MR) is 226 cm³/mol. The lowest BCUT2D eigenvalue weighted by atomic mass is 9.97. The van der Waals surface area contributed by atoms with Gasteiger partial charge in [0.1, 0.15) is 67.3 Å². The third kappa shape index (κ3) is 23.9. The summed E-state index contributed by atoms with van der Waals surface area (Å²) in [6.07, 6.45) is -10.1. The number of hydrogen-bond donors (Lipinski definition) is 19. The molecule has 24 nitrogen and oxygen atoms in total. The summed E-state index contributed by atoms with van der Waals surface area (Å²) < 4.78 is 10.3. The minimum Gasteiger partial charge on any atom is -0.481 e. The van der Waals surface area contributed by atoms with Gasteiger partial charge in [-0.15, -0.1) is 0 Å². The van der Waals surface area contributed by atoms with Crippen molar-refractivity contribution in [1.29, 1.82) is 0 Å². The zero-order valence-electron chi connectivity index (χ0n) is 36.4. The molecular formula is C40H81N3O21. The van der Waals surface area contributed by atoms with Gasteiger partial charge in [0.15, 0.2) is 0 Å². The lowest BCUT2D eigenvalue weighted by Gasteiger charge is -2.41. The zero-order chi connectivity index (χ0) is 48.4. The highest BCUT2D eigenvalue weighted by molar-refractivity contribution is 5.70. The molecule has 16 atom stereocenters. The van der Waals surface area contributed by atoms with Gasteiger partial charge in [-0.05, 0) is 58.2 Å². The second kappa shape index (κ2) is 34.0. The highest BCUT2D eigenvalue weighted by Gasteiger charge is 2.48. The Bertz CT molecular complexity index is 1240. The van der Waals surface area contributed by atoms with Crippen LogP contribution in [0.15, 0.2) is 0 Å². The maximum absolute atomic E-state index is 10.6. The summed E-state index contributed by atoms with van der Waals surface area (Å²) in [6, 6.07) is 0. The molecular weight excluding hydrogens is 858 g/mol. The summed E-state index contributed by atoms with van der Waals surface area (Å²) in [5, 5.41) is 158. The van der Waals surface area contributed by atoms with Crippen molar-refractivity contribution in [1.82, 2.24) is 16.0 Å². The van der Waals surface area contributed by atoms with Crippen molar-refractivity contribution >= 4 is 17.9 Å². The Hall–Kier alpha value is -2.31. The van der Waals surface area contributed by atoms with Crippen molar-refractivity contribution in [3.63, 3.8) is 0 Å². The number of carboxylic acids is 3. The van der Waals surface area contributed by atoms with E-state index in [-0.39, 0.29) is 39.0 Å². The molecule has 0 amide bonds.